The molecule has 0 atom stereocenters. The number of para-hydroxylation sites is 2. The van der Waals surface area contributed by atoms with Gasteiger partial charge in [0.2, 0.25) is 0 Å². The predicted octanol–water partition coefficient (Wildman–Crippen LogP) is 14.8. The zero-order valence-electron chi connectivity index (χ0n) is 33.9. The molecule has 0 aliphatic heterocycles. The lowest BCUT2D eigenvalue weighted by Crippen LogP contribution is -2.07. The maximum absolute atomic E-state index is 9.67. The fourth-order valence-corrected chi connectivity index (χ4v) is 9.06. The Morgan fingerprint density at radius 3 is 1.70 bits per heavy atom. The van der Waals surface area contributed by atoms with Gasteiger partial charge >= 0.3 is 0 Å². The predicted molar refractivity (Wildman–Crippen MR) is 260 cm³/mol. The molecular formula is C57H36N4O2. The molecule has 0 spiro atoms. The van der Waals surface area contributed by atoms with Crippen LogP contribution in [0.5, 0.6) is 0 Å². The van der Waals surface area contributed by atoms with Crippen LogP contribution in [0, 0.1) is 5.41 Å². The smallest absolute Gasteiger partial charge is 0.178 e. The summed E-state index contributed by atoms with van der Waals surface area (Å²) >= 11 is 0. The monoisotopic (exact) mass is 808 g/mol. The van der Waals surface area contributed by atoms with Gasteiger partial charge in [0.05, 0.1) is 22.1 Å². The van der Waals surface area contributed by atoms with Crippen molar-refractivity contribution in [1.82, 2.24) is 4.57 Å². The minimum atomic E-state index is 0.100. The average molecular weight is 809 g/mol. The highest BCUT2D eigenvalue weighted by Gasteiger charge is 2.25. The van der Waals surface area contributed by atoms with Gasteiger partial charge in [-0.2, -0.15) is 0 Å². The SMILES string of the molecule is N=C(N=C(N=Cc1ccccc1)c1ccccc1)c1cc(-c2ccccc2)c(-n2c3ccccc3c3c4oc5c(ccc6c7ccccc7oc65)c4ccc32)c(-c2ccccc2)c1. The Balaban J connectivity index is 1.13. The lowest BCUT2D eigenvalue weighted by atomic mass is 9.92. The summed E-state index contributed by atoms with van der Waals surface area (Å²) < 4.78 is 15.9. The maximum atomic E-state index is 9.67. The van der Waals surface area contributed by atoms with Crippen LogP contribution in [0.4, 0.5) is 0 Å². The average Bonchev–Trinajstić information content (AvgIpc) is 4.03. The first-order chi connectivity index (χ1) is 31.2. The molecule has 0 radical (unpaired) electrons. The molecule has 0 unspecified atom stereocenters. The number of nitrogens with zero attached hydrogens (tertiary/aromatic N) is 3. The van der Waals surface area contributed by atoms with Crippen molar-refractivity contribution in [3.63, 3.8) is 0 Å². The summed E-state index contributed by atoms with van der Waals surface area (Å²) in [6, 6.07) is 70.2. The quantitative estimate of drug-likeness (QED) is 0.134. The van der Waals surface area contributed by atoms with Gasteiger partial charge in [0, 0.05) is 55.4 Å². The first-order valence-corrected chi connectivity index (χ1v) is 21.0. The number of aliphatic imine (C=N–C) groups is 2. The molecule has 12 rings (SSSR count). The van der Waals surface area contributed by atoms with E-state index in [1.807, 2.05) is 91.0 Å². The highest BCUT2D eigenvalue weighted by atomic mass is 16.4. The molecule has 6 nitrogen and oxygen atoms in total. The summed E-state index contributed by atoms with van der Waals surface area (Å²) in [5.74, 6) is 0.552. The van der Waals surface area contributed by atoms with Crippen molar-refractivity contribution in [2.75, 3.05) is 0 Å². The van der Waals surface area contributed by atoms with Crippen LogP contribution in [0.3, 0.4) is 0 Å². The topological polar surface area (TPSA) is 79.8 Å². The number of amidine groups is 2. The number of furan rings is 2. The Kier molecular flexibility index (Phi) is 8.54. The molecule has 12 aromatic rings. The summed E-state index contributed by atoms with van der Waals surface area (Å²) in [5.41, 5.74) is 12.5. The Morgan fingerprint density at radius 2 is 1.00 bits per heavy atom. The van der Waals surface area contributed by atoms with Crippen molar-refractivity contribution in [3.05, 3.63) is 223 Å². The van der Waals surface area contributed by atoms with E-state index < -0.39 is 0 Å². The van der Waals surface area contributed by atoms with E-state index in [0.717, 1.165) is 105 Å². The summed E-state index contributed by atoms with van der Waals surface area (Å²) in [5, 5.41) is 15.9. The van der Waals surface area contributed by atoms with Gasteiger partial charge < -0.3 is 13.4 Å². The fourth-order valence-electron chi connectivity index (χ4n) is 9.06. The number of aromatic nitrogens is 1. The molecule has 0 aliphatic carbocycles. The normalized spacial score (nSPS) is 12.2. The second kappa shape index (κ2) is 14.8. The third-order valence-electron chi connectivity index (χ3n) is 11.9. The van der Waals surface area contributed by atoms with Crippen LogP contribution >= 0.6 is 0 Å². The van der Waals surface area contributed by atoms with E-state index in [4.69, 9.17) is 18.8 Å². The third-order valence-corrected chi connectivity index (χ3v) is 11.9. The third kappa shape index (κ3) is 6.07. The summed E-state index contributed by atoms with van der Waals surface area (Å²) in [7, 11) is 0. The fraction of sp³-hybridized carbons (Fsp3) is 0. The van der Waals surface area contributed by atoms with Crippen LogP contribution in [-0.2, 0) is 0 Å². The number of hydrogen-bond donors (Lipinski definition) is 1. The number of nitrogens with one attached hydrogen (secondary N) is 1. The molecule has 0 saturated heterocycles. The summed E-state index contributed by atoms with van der Waals surface area (Å²) in [6.07, 6.45) is 1.80. The number of fused-ring (bicyclic) bond motifs is 11. The van der Waals surface area contributed by atoms with Crippen molar-refractivity contribution >= 4 is 83.6 Å². The van der Waals surface area contributed by atoms with E-state index in [9.17, 15) is 5.41 Å². The van der Waals surface area contributed by atoms with Gasteiger partial charge in [-0.3, -0.25) is 5.41 Å². The van der Waals surface area contributed by atoms with Gasteiger partial charge in [-0.05, 0) is 65.2 Å². The first kappa shape index (κ1) is 36.3. The van der Waals surface area contributed by atoms with Crippen molar-refractivity contribution in [2.45, 2.75) is 0 Å². The van der Waals surface area contributed by atoms with Crippen molar-refractivity contribution in [2.24, 2.45) is 9.98 Å². The van der Waals surface area contributed by atoms with Crippen molar-refractivity contribution < 1.29 is 8.83 Å². The summed E-state index contributed by atoms with van der Waals surface area (Å²) in [6.45, 7) is 0. The van der Waals surface area contributed by atoms with E-state index in [2.05, 4.69) is 120 Å². The zero-order chi connectivity index (χ0) is 41.9. The molecule has 0 saturated carbocycles. The van der Waals surface area contributed by atoms with Crippen LogP contribution in [0.25, 0.3) is 93.6 Å². The van der Waals surface area contributed by atoms with Gasteiger partial charge in [-0.1, -0.05) is 158 Å². The van der Waals surface area contributed by atoms with Crippen LogP contribution in [-0.4, -0.2) is 22.5 Å². The highest BCUT2D eigenvalue weighted by Crippen LogP contribution is 2.46. The standard InChI is InChI=1S/C57H36N4O2/c58-56(60-57(39-23-11-4-12-24-39)59-35-36-17-5-1-6-18-36)40-33-46(37-19-7-2-8-20-37)52(47(34-40)38-21-9-3-10-22-38)61-48-27-15-13-26-45(48)51-49(61)32-31-43-44-30-29-42-41-25-14-16-28-50(41)62-54(42)55(44)63-53(43)51/h1-35,58H. The lowest BCUT2D eigenvalue weighted by molar-refractivity contribution is 0.635. The largest absolute Gasteiger partial charge is 0.452 e. The van der Waals surface area contributed by atoms with Gasteiger partial charge in [0.1, 0.15) is 11.2 Å². The lowest BCUT2D eigenvalue weighted by Gasteiger charge is -2.21. The minimum absolute atomic E-state index is 0.100. The van der Waals surface area contributed by atoms with Crippen LogP contribution in [0.15, 0.2) is 225 Å². The molecule has 63 heavy (non-hydrogen) atoms. The zero-order valence-corrected chi connectivity index (χ0v) is 33.9. The Morgan fingerprint density at radius 1 is 0.460 bits per heavy atom. The van der Waals surface area contributed by atoms with E-state index in [-0.39, 0.29) is 5.84 Å². The number of benzene rings is 9. The van der Waals surface area contributed by atoms with E-state index in [1.54, 1.807) is 6.21 Å². The molecular weight excluding hydrogens is 773 g/mol. The maximum Gasteiger partial charge on any atom is 0.178 e. The molecule has 9 aromatic carbocycles. The second-order valence-corrected chi connectivity index (χ2v) is 15.7. The highest BCUT2D eigenvalue weighted by molar-refractivity contribution is 6.27. The van der Waals surface area contributed by atoms with E-state index in [0.29, 0.717) is 11.4 Å². The molecule has 6 heteroatoms. The molecule has 0 bridgehead atoms. The van der Waals surface area contributed by atoms with Crippen LogP contribution in [0.2, 0.25) is 0 Å². The minimum Gasteiger partial charge on any atom is -0.452 e. The first-order valence-electron chi connectivity index (χ1n) is 21.0. The molecule has 1 N–H and O–H groups in total. The molecule has 0 aliphatic rings. The molecule has 3 aromatic heterocycles. The number of rotatable bonds is 6. The molecule has 0 amide bonds. The molecule has 0 fully saturated rings. The Hall–Kier alpha value is -8.61. The van der Waals surface area contributed by atoms with Gasteiger partial charge in [0.25, 0.3) is 0 Å². The second-order valence-electron chi connectivity index (χ2n) is 15.7. The number of hydrogen-bond acceptors (Lipinski definition) is 3. The van der Waals surface area contributed by atoms with Crippen molar-refractivity contribution in [3.8, 4) is 27.9 Å². The Labute approximate surface area is 361 Å². The van der Waals surface area contributed by atoms with Gasteiger partial charge in [-0.25, -0.2) is 9.98 Å². The summed E-state index contributed by atoms with van der Waals surface area (Å²) in [4.78, 5) is 9.81. The Bertz CT molecular complexity index is 3720. The van der Waals surface area contributed by atoms with E-state index in [1.165, 1.54) is 0 Å². The van der Waals surface area contributed by atoms with Crippen LogP contribution < -0.4 is 0 Å². The van der Waals surface area contributed by atoms with Gasteiger partial charge in [-0.15, -0.1) is 0 Å². The van der Waals surface area contributed by atoms with Crippen LogP contribution in [0.1, 0.15) is 16.7 Å². The van der Waals surface area contributed by atoms with E-state index >= 15 is 0 Å². The molecule has 296 valence electrons. The van der Waals surface area contributed by atoms with Crippen molar-refractivity contribution in [1.29, 1.82) is 5.41 Å². The molecule has 3 heterocycles. The van der Waals surface area contributed by atoms with Gasteiger partial charge in [0.15, 0.2) is 22.8 Å².